The molecule has 84 valence electrons. The summed E-state index contributed by atoms with van der Waals surface area (Å²) in [6, 6.07) is 0. The van der Waals surface area contributed by atoms with Gasteiger partial charge in [-0.2, -0.15) is 22.0 Å². The van der Waals surface area contributed by atoms with Crippen LogP contribution in [0.15, 0.2) is 11.7 Å². The zero-order chi connectivity index (χ0) is 11.7. The van der Waals surface area contributed by atoms with Crippen LogP contribution in [0.3, 0.4) is 0 Å². The van der Waals surface area contributed by atoms with Crippen LogP contribution < -0.4 is 0 Å². The first-order valence-corrected chi connectivity index (χ1v) is 3.19. The fourth-order valence-electron chi connectivity index (χ4n) is 0.453. The van der Waals surface area contributed by atoms with E-state index in [2.05, 4.69) is 0 Å². The molecule has 0 bridgehead atoms. The van der Waals surface area contributed by atoms with E-state index in [0.29, 0.717) is 0 Å². The molecule has 0 heterocycles. The Morgan fingerprint density at radius 3 is 1.64 bits per heavy atom. The van der Waals surface area contributed by atoms with E-state index in [1.807, 2.05) is 0 Å². The van der Waals surface area contributed by atoms with E-state index in [0.717, 1.165) is 0 Å². The molecule has 0 saturated heterocycles. The predicted molar refractivity (Wildman–Crippen MR) is 31.9 cm³/mol. The van der Waals surface area contributed by atoms with Crippen LogP contribution in [-0.4, -0.2) is 23.3 Å². The molecule has 0 unspecified atom stereocenters. The predicted octanol–water partition coefficient (Wildman–Crippen LogP) is 2.72. The van der Waals surface area contributed by atoms with Crippen molar-refractivity contribution in [3.8, 4) is 0 Å². The zero-order valence-corrected chi connectivity index (χ0v) is 6.67. The van der Waals surface area contributed by atoms with Gasteiger partial charge >= 0.3 is 12.0 Å². The van der Waals surface area contributed by atoms with Gasteiger partial charge in [0.05, 0.1) is 0 Å². The molecule has 0 fully saturated rings. The van der Waals surface area contributed by atoms with Gasteiger partial charge in [-0.15, -0.1) is 0 Å². The number of hydrogen-bond acceptors (Lipinski definition) is 1. The van der Waals surface area contributed by atoms with Crippen molar-refractivity contribution in [3.05, 3.63) is 11.7 Å². The highest BCUT2D eigenvalue weighted by Crippen LogP contribution is 2.37. The van der Waals surface area contributed by atoms with Crippen molar-refractivity contribution in [1.29, 1.82) is 0 Å². The molecule has 0 aliphatic heterocycles. The summed E-state index contributed by atoms with van der Waals surface area (Å²) < 4.78 is 83.8. The van der Waals surface area contributed by atoms with Crippen molar-refractivity contribution in [2.45, 2.75) is 25.1 Å². The summed E-state index contributed by atoms with van der Waals surface area (Å²) in [5.41, 5.74) is 0. The van der Waals surface area contributed by atoms with Gasteiger partial charge in [0.25, 0.3) is 0 Å². The van der Waals surface area contributed by atoms with Crippen LogP contribution in [0.4, 0.5) is 30.7 Å². The largest absolute Gasteiger partial charge is 0.409 e. The molecule has 0 aliphatic rings. The average molecular weight is 226 g/mol. The summed E-state index contributed by atoms with van der Waals surface area (Å²) in [6.45, 7) is 0.155. The summed E-state index contributed by atoms with van der Waals surface area (Å²) in [7, 11) is 0. The molecule has 8 heteroatoms. The number of alkyl halides is 5. The normalized spacial score (nSPS) is 17.8. The van der Waals surface area contributed by atoms with Crippen LogP contribution >= 0.6 is 0 Å². The Balaban J connectivity index is 5.21. The van der Waals surface area contributed by atoms with Crippen molar-refractivity contribution in [2.75, 3.05) is 0 Å². The molecule has 0 aromatic carbocycles. The van der Waals surface area contributed by atoms with Crippen LogP contribution in [-0.2, 0) is 0 Å². The topological polar surface area (TPSA) is 20.2 Å². The van der Waals surface area contributed by atoms with E-state index < -0.39 is 29.9 Å². The van der Waals surface area contributed by atoms with Crippen LogP contribution in [0.2, 0.25) is 0 Å². The molecular formula is C6H5F7O. The second kappa shape index (κ2) is 3.76. The molecule has 0 amide bonds. The molecule has 1 N–H and O–H groups in total. The summed E-state index contributed by atoms with van der Waals surface area (Å²) in [5.74, 6) is -11.7. The second-order valence-electron chi connectivity index (χ2n) is 2.41. The third-order valence-corrected chi connectivity index (χ3v) is 1.25. The van der Waals surface area contributed by atoms with E-state index in [1.54, 1.807) is 0 Å². The lowest BCUT2D eigenvalue weighted by Crippen LogP contribution is -2.31. The minimum atomic E-state index is -5.39. The highest BCUT2D eigenvalue weighted by molar-refractivity contribution is 5.14. The van der Waals surface area contributed by atoms with E-state index in [4.69, 9.17) is 5.11 Å². The first kappa shape index (κ1) is 13.2. The number of rotatable bonds is 3. The van der Waals surface area contributed by atoms with Crippen LogP contribution in [0.1, 0.15) is 6.92 Å². The number of allylic oxidation sites excluding steroid dienone is 1. The highest BCUT2D eigenvalue weighted by Gasteiger charge is 2.49. The molecule has 1 atom stereocenters. The maximum atomic E-state index is 12.2. The van der Waals surface area contributed by atoms with E-state index in [9.17, 15) is 30.7 Å². The average Bonchev–Trinajstić information content (AvgIpc) is 1.99. The Hall–Kier alpha value is -0.790. The van der Waals surface area contributed by atoms with E-state index in [1.165, 1.54) is 0 Å². The fourth-order valence-corrected chi connectivity index (χ4v) is 0.453. The Morgan fingerprint density at radius 1 is 1.07 bits per heavy atom. The zero-order valence-electron chi connectivity index (χ0n) is 6.67. The van der Waals surface area contributed by atoms with E-state index in [-0.39, 0.29) is 6.92 Å². The SMILES string of the molecule is C[C@@H](F)C(F)(F)/C(F)=C(\F)C(O)(F)F. The Kier molecular flexibility index (Phi) is 3.54. The van der Waals surface area contributed by atoms with Gasteiger partial charge in [-0.25, -0.2) is 8.78 Å². The van der Waals surface area contributed by atoms with Gasteiger partial charge in [-0.05, 0) is 6.92 Å². The Labute approximate surface area is 73.8 Å². The lowest BCUT2D eigenvalue weighted by atomic mass is 10.2. The summed E-state index contributed by atoms with van der Waals surface area (Å²) in [4.78, 5) is 0. The number of aliphatic hydroxyl groups is 1. The minimum Gasteiger partial charge on any atom is -0.330 e. The van der Waals surface area contributed by atoms with Gasteiger partial charge in [0.2, 0.25) is 11.7 Å². The molecule has 14 heavy (non-hydrogen) atoms. The van der Waals surface area contributed by atoms with Crippen molar-refractivity contribution in [3.63, 3.8) is 0 Å². The van der Waals surface area contributed by atoms with E-state index >= 15 is 0 Å². The lowest BCUT2D eigenvalue weighted by molar-refractivity contribution is -0.184. The molecule has 0 radical (unpaired) electrons. The molecular weight excluding hydrogens is 221 g/mol. The maximum absolute atomic E-state index is 12.2. The fraction of sp³-hybridized carbons (Fsp3) is 0.667. The van der Waals surface area contributed by atoms with Crippen molar-refractivity contribution >= 4 is 0 Å². The molecule has 0 aromatic rings. The van der Waals surface area contributed by atoms with Crippen LogP contribution in [0.25, 0.3) is 0 Å². The number of halogens is 7. The molecule has 0 aliphatic carbocycles. The smallest absolute Gasteiger partial charge is 0.330 e. The maximum Gasteiger partial charge on any atom is 0.409 e. The van der Waals surface area contributed by atoms with Gasteiger partial charge in [-0.3, -0.25) is 0 Å². The summed E-state index contributed by atoms with van der Waals surface area (Å²) in [6.07, 6.45) is -8.59. The summed E-state index contributed by atoms with van der Waals surface area (Å²) in [5, 5.41) is 7.54. The van der Waals surface area contributed by atoms with Gasteiger partial charge in [0.15, 0.2) is 6.17 Å². The monoisotopic (exact) mass is 226 g/mol. The quantitative estimate of drug-likeness (QED) is 0.733. The van der Waals surface area contributed by atoms with Gasteiger partial charge in [0.1, 0.15) is 0 Å². The lowest BCUT2D eigenvalue weighted by Gasteiger charge is -2.17. The van der Waals surface area contributed by atoms with Gasteiger partial charge in [-0.1, -0.05) is 0 Å². The Morgan fingerprint density at radius 2 is 1.43 bits per heavy atom. The molecule has 0 saturated carbocycles. The van der Waals surface area contributed by atoms with Crippen molar-refractivity contribution in [1.82, 2.24) is 0 Å². The van der Waals surface area contributed by atoms with Gasteiger partial charge in [0, 0.05) is 0 Å². The first-order valence-electron chi connectivity index (χ1n) is 3.19. The molecule has 0 aromatic heterocycles. The van der Waals surface area contributed by atoms with Crippen LogP contribution in [0.5, 0.6) is 0 Å². The van der Waals surface area contributed by atoms with Crippen molar-refractivity contribution < 1.29 is 35.8 Å². The van der Waals surface area contributed by atoms with Gasteiger partial charge < -0.3 is 5.11 Å². The third-order valence-electron chi connectivity index (χ3n) is 1.25. The minimum absolute atomic E-state index is 0.155. The molecule has 1 nitrogen and oxygen atoms in total. The van der Waals surface area contributed by atoms with Crippen LogP contribution in [0, 0.1) is 0 Å². The first-order chi connectivity index (χ1) is 6.01. The second-order valence-corrected chi connectivity index (χ2v) is 2.41. The third kappa shape index (κ3) is 2.60. The molecule has 0 spiro atoms. The Bertz CT molecular complexity index is 239. The highest BCUT2D eigenvalue weighted by atomic mass is 19.3. The standard InChI is InChI=1S/C6H5F7O/c1-2(7)5(10,11)3(8)4(9)6(12,13)14/h2,14H,1H3/b4-3+/t2-/m1/s1. The molecule has 0 rings (SSSR count). The summed E-state index contributed by atoms with van der Waals surface area (Å²) >= 11 is 0. The van der Waals surface area contributed by atoms with Crippen molar-refractivity contribution in [2.24, 2.45) is 0 Å². The number of hydrogen-bond donors (Lipinski definition) is 1.